The second kappa shape index (κ2) is 8.17. The summed E-state index contributed by atoms with van der Waals surface area (Å²) in [5, 5.41) is 0.680. The number of carbonyl (C=O) groups is 1. The van der Waals surface area contributed by atoms with Gasteiger partial charge in [-0.2, -0.15) is 8.78 Å². The molecular weight excluding hydrogens is 378 g/mol. The van der Waals surface area contributed by atoms with Crippen molar-refractivity contribution in [3.8, 4) is 11.4 Å². The highest BCUT2D eigenvalue weighted by molar-refractivity contribution is 7.99. The number of fused-ring (bicyclic) bond motifs is 1. The van der Waals surface area contributed by atoms with E-state index in [0.717, 1.165) is 11.8 Å². The number of carbonyl (C=O) groups excluding carboxylic acids is 1. The molecule has 3 aromatic rings. The first-order valence-corrected chi connectivity index (χ1v) is 8.75. The van der Waals surface area contributed by atoms with Crippen LogP contribution in [0.15, 0.2) is 58.5 Å². The lowest BCUT2D eigenvalue weighted by atomic mass is 10.2. The lowest BCUT2D eigenvalue weighted by molar-refractivity contribution is -0.137. The molecule has 1 heterocycles. The van der Waals surface area contributed by atoms with E-state index in [9.17, 15) is 18.4 Å². The topological polar surface area (TPSA) is 70.4 Å². The van der Waals surface area contributed by atoms with E-state index < -0.39 is 12.6 Å². The number of thioether (sulfide) groups is 1. The van der Waals surface area contributed by atoms with Gasteiger partial charge in [0.05, 0.1) is 29.5 Å². The lowest BCUT2D eigenvalue weighted by Gasteiger charge is -2.13. The number of hydrogen-bond donors (Lipinski definition) is 0. The smallest absolute Gasteiger partial charge is 0.387 e. The second-order valence-electron chi connectivity index (χ2n) is 5.29. The summed E-state index contributed by atoms with van der Waals surface area (Å²) in [6.45, 7) is -2.94. The van der Waals surface area contributed by atoms with Crippen LogP contribution in [0.5, 0.6) is 5.75 Å². The van der Waals surface area contributed by atoms with Crippen molar-refractivity contribution in [1.29, 1.82) is 0 Å². The summed E-state index contributed by atoms with van der Waals surface area (Å²) in [5.41, 5.74) is 0.562. The molecule has 27 heavy (non-hydrogen) atoms. The highest BCUT2D eigenvalue weighted by atomic mass is 32.2. The van der Waals surface area contributed by atoms with Crippen molar-refractivity contribution in [2.45, 2.75) is 11.8 Å². The molecule has 0 radical (unpaired) electrons. The average Bonchev–Trinajstić information content (AvgIpc) is 2.66. The van der Waals surface area contributed by atoms with Crippen LogP contribution in [0.4, 0.5) is 8.78 Å². The fraction of sp³-hybridized carbons (Fsp3) is 0.167. The van der Waals surface area contributed by atoms with Gasteiger partial charge < -0.3 is 9.47 Å². The van der Waals surface area contributed by atoms with Gasteiger partial charge in [-0.05, 0) is 36.4 Å². The molecule has 0 amide bonds. The third kappa shape index (κ3) is 4.25. The zero-order chi connectivity index (χ0) is 19.4. The number of halogens is 2. The number of esters is 1. The van der Waals surface area contributed by atoms with Crippen LogP contribution < -0.4 is 10.3 Å². The molecule has 9 heteroatoms. The number of hydrogen-bond acceptors (Lipinski definition) is 6. The van der Waals surface area contributed by atoms with E-state index >= 15 is 0 Å². The Morgan fingerprint density at radius 2 is 1.89 bits per heavy atom. The third-order valence-electron chi connectivity index (χ3n) is 3.61. The highest BCUT2D eigenvalue weighted by Gasteiger charge is 2.15. The summed E-state index contributed by atoms with van der Waals surface area (Å²) in [7, 11) is 1.27. The molecular formula is C18H14F2N2O4S. The Hall–Kier alpha value is -2.94. The summed E-state index contributed by atoms with van der Waals surface area (Å²) in [4.78, 5) is 28.9. The molecule has 0 spiro atoms. The minimum atomic E-state index is -2.94. The summed E-state index contributed by atoms with van der Waals surface area (Å²) < 4.78 is 34.9. The molecule has 0 saturated carbocycles. The lowest BCUT2D eigenvalue weighted by Crippen LogP contribution is -2.22. The fourth-order valence-corrected chi connectivity index (χ4v) is 3.24. The Balaban J connectivity index is 2.09. The molecule has 2 aromatic carbocycles. The zero-order valence-electron chi connectivity index (χ0n) is 14.1. The van der Waals surface area contributed by atoms with Gasteiger partial charge in [-0.1, -0.05) is 23.9 Å². The minimum absolute atomic E-state index is 0.0284. The number of aromatic nitrogens is 2. The molecule has 0 N–H and O–H groups in total. The first-order valence-electron chi connectivity index (χ1n) is 7.76. The number of para-hydroxylation sites is 1. The van der Waals surface area contributed by atoms with Gasteiger partial charge in [-0.25, -0.2) is 4.98 Å². The number of ether oxygens (including phenoxy) is 2. The molecule has 0 aliphatic carbocycles. The van der Waals surface area contributed by atoms with Gasteiger partial charge in [0.2, 0.25) is 0 Å². The van der Waals surface area contributed by atoms with Crippen LogP contribution in [0, 0.1) is 0 Å². The highest BCUT2D eigenvalue weighted by Crippen LogP contribution is 2.23. The van der Waals surface area contributed by atoms with Crippen LogP contribution in [0.1, 0.15) is 0 Å². The molecule has 0 aliphatic heterocycles. The molecule has 0 bridgehead atoms. The van der Waals surface area contributed by atoms with E-state index in [0.29, 0.717) is 16.6 Å². The Bertz CT molecular complexity index is 1020. The third-order valence-corrected chi connectivity index (χ3v) is 4.52. The van der Waals surface area contributed by atoms with Crippen molar-refractivity contribution in [1.82, 2.24) is 9.55 Å². The molecule has 0 fully saturated rings. The first kappa shape index (κ1) is 18.8. The van der Waals surface area contributed by atoms with Gasteiger partial charge >= 0.3 is 12.6 Å². The second-order valence-corrected chi connectivity index (χ2v) is 6.23. The van der Waals surface area contributed by atoms with Crippen molar-refractivity contribution >= 4 is 28.6 Å². The summed E-state index contributed by atoms with van der Waals surface area (Å²) in [6.07, 6.45) is 0. The van der Waals surface area contributed by atoms with Gasteiger partial charge in [0.1, 0.15) is 5.75 Å². The SMILES string of the molecule is COC(=O)CSc1nc2ccccc2c(=O)n1-c1ccc(OC(F)F)cc1. The van der Waals surface area contributed by atoms with Crippen LogP contribution in [0.3, 0.4) is 0 Å². The number of rotatable bonds is 6. The Morgan fingerprint density at radius 1 is 1.19 bits per heavy atom. The van der Waals surface area contributed by atoms with Crippen molar-refractivity contribution in [3.05, 3.63) is 58.9 Å². The normalized spacial score (nSPS) is 11.0. The number of alkyl halides is 2. The number of benzene rings is 2. The average molecular weight is 392 g/mol. The van der Waals surface area contributed by atoms with E-state index in [-0.39, 0.29) is 22.2 Å². The van der Waals surface area contributed by atoms with Crippen molar-refractivity contribution in [3.63, 3.8) is 0 Å². The van der Waals surface area contributed by atoms with Crippen LogP contribution in [-0.4, -0.2) is 35.0 Å². The Morgan fingerprint density at radius 3 is 2.56 bits per heavy atom. The van der Waals surface area contributed by atoms with Gasteiger partial charge in [0.15, 0.2) is 5.16 Å². The van der Waals surface area contributed by atoms with Crippen molar-refractivity contribution in [2.75, 3.05) is 12.9 Å². The molecule has 140 valence electrons. The van der Waals surface area contributed by atoms with E-state index in [1.807, 2.05) is 0 Å². The van der Waals surface area contributed by atoms with Gasteiger partial charge in [-0.15, -0.1) is 0 Å². The molecule has 0 saturated heterocycles. The monoisotopic (exact) mass is 392 g/mol. The molecule has 3 rings (SSSR count). The van der Waals surface area contributed by atoms with Crippen molar-refractivity contribution < 1.29 is 23.0 Å². The van der Waals surface area contributed by atoms with E-state index in [2.05, 4.69) is 14.5 Å². The summed E-state index contributed by atoms with van der Waals surface area (Å²) in [5.74, 6) is -0.526. The first-order chi connectivity index (χ1) is 13.0. The zero-order valence-corrected chi connectivity index (χ0v) is 14.9. The number of methoxy groups -OCH3 is 1. The predicted octanol–water partition coefficient (Wildman–Crippen LogP) is 3.25. The molecule has 0 atom stereocenters. The molecule has 0 aliphatic rings. The molecule has 0 unspecified atom stereocenters. The van der Waals surface area contributed by atoms with Crippen LogP contribution in [0.2, 0.25) is 0 Å². The molecule has 1 aromatic heterocycles. The number of nitrogens with zero attached hydrogens (tertiary/aromatic N) is 2. The van der Waals surface area contributed by atoms with Crippen LogP contribution in [-0.2, 0) is 9.53 Å². The Kier molecular flexibility index (Phi) is 5.70. The predicted molar refractivity (Wildman–Crippen MR) is 96.7 cm³/mol. The van der Waals surface area contributed by atoms with Gasteiger partial charge in [0.25, 0.3) is 5.56 Å². The summed E-state index contributed by atoms with van der Waals surface area (Å²) in [6, 6.07) is 12.4. The summed E-state index contributed by atoms with van der Waals surface area (Å²) >= 11 is 1.04. The van der Waals surface area contributed by atoms with E-state index in [1.54, 1.807) is 24.3 Å². The van der Waals surface area contributed by atoms with Crippen LogP contribution >= 0.6 is 11.8 Å². The maximum Gasteiger partial charge on any atom is 0.387 e. The van der Waals surface area contributed by atoms with Crippen LogP contribution in [0.25, 0.3) is 16.6 Å². The van der Waals surface area contributed by atoms with E-state index in [4.69, 9.17) is 0 Å². The maximum atomic E-state index is 13.0. The Labute approximate surface area is 156 Å². The van der Waals surface area contributed by atoms with Gasteiger partial charge in [-0.3, -0.25) is 14.2 Å². The minimum Gasteiger partial charge on any atom is -0.468 e. The van der Waals surface area contributed by atoms with Gasteiger partial charge in [0, 0.05) is 0 Å². The fourth-order valence-electron chi connectivity index (χ4n) is 2.40. The quantitative estimate of drug-likeness (QED) is 0.364. The van der Waals surface area contributed by atoms with Crippen molar-refractivity contribution in [2.24, 2.45) is 0 Å². The largest absolute Gasteiger partial charge is 0.468 e. The maximum absolute atomic E-state index is 13.0. The molecule has 6 nitrogen and oxygen atoms in total. The van der Waals surface area contributed by atoms with E-state index in [1.165, 1.54) is 35.9 Å². The standard InChI is InChI=1S/C18H14F2N2O4S/c1-25-15(23)10-27-18-21-14-5-3-2-4-13(14)16(24)22(18)11-6-8-12(9-7-11)26-17(19)20/h2-9,17H,10H2,1H3.